The molecule has 0 radical (unpaired) electrons. The second kappa shape index (κ2) is 2.66. The summed E-state index contributed by atoms with van der Waals surface area (Å²) in [7, 11) is -3.09. The van der Waals surface area contributed by atoms with E-state index in [0.717, 1.165) is 5.57 Å². The first-order valence-corrected chi connectivity index (χ1v) is 4.92. The van der Waals surface area contributed by atoms with Crippen molar-refractivity contribution in [1.29, 1.82) is 0 Å². The van der Waals surface area contributed by atoms with Crippen molar-refractivity contribution in [3.05, 3.63) is 34.1 Å². The Labute approximate surface area is 66.8 Å². The Hall–Kier alpha value is -0.830. The SMILES string of the molecule is CC=C1C=CS(=O)(=O)C1=CC. The molecule has 0 fully saturated rings. The molecule has 1 aliphatic heterocycles. The van der Waals surface area contributed by atoms with Gasteiger partial charge in [-0.05, 0) is 25.5 Å². The molecule has 0 N–H and O–H groups in total. The van der Waals surface area contributed by atoms with E-state index in [1.165, 1.54) is 5.41 Å². The Bertz CT molecular complexity index is 342. The van der Waals surface area contributed by atoms with Crippen LogP contribution in [0.2, 0.25) is 0 Å². The van der Waals surface area contributed by atoms with Crippen molar-refractivity contribution in [2.24, 2.45) is 0 Å². The lowest BCUT2D eigenvalue weighted by Gasteiger charge is -1.96. The van der Waals surface area contributed by atoms with E-state index in [1.807, 2.05) is 6.92 Å². The highest BCUT2D eigenvalue weighted by Gasteiger charge is 2.21. The smallest absolute Gasteiger partial charge is 0.200 e. The Morgan fingerprint density at radius 2 is 1.91 bits per heavy atom. The fourth-order valence-electron chi connectivity index (χ4n) is 1.05. The van der Waals surface area contributed by atoms with Gasteiger partial charge in [0.1, 0.15) is 0 Å². The summed E-state index contributed by atoms with van der Waals surface area (Å²) in [6.07, 6.45) is 5.02. The lowest BCUT2D eigenvalue weighted by Crippen LogP contribution is -1.94. The molecule has 2 nitrogen and oxygen atoms in total. The summed E-state index contributed by atoms with van der Waals surface area (Å²) >= 11 is 0. The normalized spacial score (nSPS) is 28.5. The monoisotopic (exact) mass is 170 g/mol. The lowest BCUT2D eigenvalue weighted by molar-refractivity contribution is 0.611. The zero-order valence-corrected chi connectivity index (χ0v) is 7.35. The van der Waals surface area contributed by atoms with Crippen LogP contribution in [0.3, 0.4) is 0 Å². The van der Waals surface area contributed by atoms with Gasteiger partial charge >= 0.3 is 0 Å². The molecule has 0 aromatic carbocycles. The Kier molecular flexibility index (Phi) is 2.00. The molecule has 11 heavy (non-hydrogen) atoms. The first kappa shape index (κ1) is 8.27. The summed E-state index contributed by atoms with van der Waals surface area (Å²) in [6.45, 7) is 3.55. The summed E-state index contributed by atoms with van der Waals surface area (Å²) < 4.78 is 22.3. The molecule has 0 aliphatic carbocycles. The standard InChI is InChI=1S/C8H10O2S/c1-3-7-5-6-11(9,10)8(7)4-2/h3-6H,1-2H3. The molecule has 0 unspecified atom stereocenters. The molecular formula is C8H10O2S. The van der Waals surface area contributed by atoms with Crippen LogP contribution >= 0.6 is 0 Å². The van der Waals surface area contributed by atoms with Gasteiger partial charge in [-0.25, -0.2) is 8.42 Å². The highest BCUT2D eigenvalue weighted by molar-refractivity contribution is 7.98. The van der Waals surface area contributed by atoms with E-state index in [9.17, 15) is 8.42 Å². The topological polar surface area (TPSA) is 34.1 Å². The Morgan fingerprint density at radius 3 is 2.27 bits per heavy atom. The number of sulfone groups is 1. The maximum absolute atomic E-state index is 11.2. The minimum Gasteiger partial charge on any atom is -0.219 e. The van der Waals surface area contributed by atoms with Crippen LogP contribution in [0.4, 0.5) is 0 Å². The molecule has 1 aliphatic rings. The van der Waals surface area contributed by atoms with Crippen molar-refractivity contribution in [2.75, 3.05) is 0 Å². The van der Waals surface area contributed by atoms with Crippen LogP contribution < -0.4 is 0 Å². The molecule has 1 heterocycles. The van der Waals surface area contributed by atoms with Gasteiger partial charge in [0.25, 0.3) is 0 Å². The van der Waals surface area contributed by atoms with Gasteiger partial charge in [0.15, 0.2) is 9.84 Å². The zero-order chi connectivity index (χ0) is 8.48. The number of allylic oxidation sites excluding steroid dienone is 4. The predicted molar refractivity (Wildman–Crippen MR) is 45.6 cm³/mol. The van der Waals surface area contributed by atoms with E-state index in [4.69, 9.17) is 0 Å². The molecule has 0 atom stereocenters. The minimum absolute atomic E-state index is 0.417. The maximum atomic E-state index is 11.2. The van der Waals surface area contributed by atoms with Crippen molar-refractivity contribution in [1.82, 2.24) is 0 Å². The third-order valence-corrected chi connectivity index (χ3v) is 3.17. The van der Waals surface area contributed by atoms with Crippen molar-refractivity contribution in [3.8, 4) is 0 Å². The maximum Gasteiger partial charge on any atom is 0.200 e. The molecule has 3 heteroatoms. The third-order valence-electron chi connectivity index (χ3n) is 1.59. The van der Waals surface area contributed by atoms with Gasteiger partial charge in [-0.1, -0.05) is 12.2 Å². The van der Waals surface area contributed by atoms with Crippen molar-refractivity contribution in [3.63, 3.8) is 0 Å². The average molecular weight is 170 g/mol. The Morgan fingerprint density at radius 1 is 1.27 bits per heavy atom. The number of hydrogen-bond donors (Lipinski definition) is 0. The van der Waals surface area contributed by atoms with E-state index in [0.29, 0.717) is 4.91 Å². The van der Waals surface area contributed by atoms with Crippen molar-refractivity contribution in [2.45, 2.75) is 13.8 Å². The van der Waals surface area contributed by atoms with Crippen molar-refractivity contribution < 1.29 is 8.42 Å². The van der Waals surface area contributed by atoms with Gasteiger partial charge in [-0.2, -0.15) is 0 Å². The largest absolute Gasteiger partial charge is 0.219 e. The fourth-order valence-corrected chi connectivity index (χ4v) is 2.37. The molecule has 0 spiro atoms. The molecule has 0 aromatic rings. The second-order valence-corrected chi connectivity index (χ2v) is 4.05. The van der Waals surface area contributed by atoms with E-state index < -0.39 is 9.84 Å². The highest BCUT2D eigenvalue weighted by atomic mass is 32.2. The van der Waals surface area contributed by atoms with E-state index >= 15 is 0 Å². The van der Waals surface area contributed by atoms with Crippen LogP contribution in [0.25, 0.3) is 0 Å². The summed E-state index contributed by atoms with van der Waals surface area (Å²) in [5.74, 6) is 0. The van der Waals surface area contributed by atoms with Crippen LogP contribution in [-0.4, -0.2) is 8.42 Å². The zero-order valence-electron chi connectivity index (χ0n) is 6.53. The fraction of sp³-hybridized carbons (Fsp3) is 0.250. The van der Waals surface area contributed by atoms with Gasteiger partial charge in [0, 0.05) is 5.41 Å². The predicted octanol–water partition coefficient (Wildman–Crippen LogP) is 1.78. The van der Waals surface area contributed by atoms with Crippen LogP contribution in [0.1, 0.15) is 13.8 Å². The van der Waals surface area contributed by atoms with Gasteiger partial charge in [-0.15, -0.1) is 0 Å². The first-order chi connectivity index (χ1) is 5.11. The van der Waals surface area contributed by atoms with Gasteiger partial charge in [0.2, 0.25) is 0 Å². The molecule has 0 bridgehead atoms. The highest BCUT2D eigenvalue weighted by Crippen LogP contribution is 2.26. The van der Waals surface area contributed by atoms with Crippen molar-refractivity contribution >= 4 is 9.84 Å². The molecule has 1 rings (SSSR count). The molecule has 60 valence electrons. The van der Waals surface area contributed by atoms with Crippen LogP contribution in [-0.2, 0) is 9.84 Å². The Balaban J connectivity index is 3.31. The third kappa shape index (κ3) is 1.28. The van der Waals surface area contributed by atoms with Crippen LogP contribution in [0.5, 0.6) is 0 Å². The summed E-state index contributed by atoms with van der Waals surface area (Å²) in [5.41, 5.74) is 0.785. The van der Waals surface area contributed by atoms with E-state index in [-0.39, 0.29) is 0 Å². The first-order valence-electron chi connectivity index (χ1n) is 3.38. The number of hydrogen-bond acceptors (Lipinski definition) is 2. The van der Waals surface area contributed by atoms with Crippen LogP contribution in [0.15, 0.2) is 34.1 Å². The van der Waals surface area contributed by atoms with Crippen LogP contribution in [0, 0.1) is 0 Å². The summed E-state index contributed by atoms with van der Waals surface area (Å²) in [5, 5.41) is 1.23. The second-order valence-electron chi connectivity index (χ2n) is 2.24. The van der Waals surface area contributed by atoms with E-state index in [2.05, 4.69) is 0 Å². The molecule has 0 saturated carbocycles. The lowest BCUT2D eigenvalue weighted by atomic mass is 10.2. The average Bonchev–Trinajstić information content (AvgIpc) is 2.24. The van der Waals surface area contributed by atoms with Gasteiger partial charge in [0.05, 0.1) is 4.91 Å². The summed E-state index contributed by atoms with van der Waals surface area (Å²) in [4.78, 5) is 0.417. The molecule has 0 aromatic heterocycles. The quantitative estimate of drug-likeness (QED) is 0.555. The van der Waals surface area contributed by atoms with Gasteiger partial charge in [-0.3, -0.25) is 0 Å². The van der Waals surface area contributed by atoms with Gasteiger partial charge < -0.3 is 0 Å². The van der Waals surface area contributed by atoms with E-state index in [1.54, 1.807) is 25.2 Å². The molecular weight excluding hydrogens is 160 g/mol. The number of rotatable bonds is 0. The molecule has 0 saturated heterocycles. The summed E-state index contributed by atoms with van der Waals surface area (Å²) in [6, 6.07) is 0. The molecule has 0 amide bonds. The minimum atomic E-state index is -3.09.